The van der Waals surface area contributed by atoms with Gasteiger partial charge in [0.25, 0.3) is 0 Å². The molecule has 2 saturated heterocycles. The van der Waals surface area contributed by atoms with Crippen LogP contribution >= 0.6 is 0 Å². The van der Waals surface area contributed by atoms with Gasteiger partial charge < -0.3 is 20.0 Å². The van der Waals surface area contributed by atoms with Crippen molar-refractivity contribution in [2.75, 3.05) is 44.2 Å². The Morgan fingerprint density at radius 1 is 0.962 bits per heavy atom. The molecule has 1 aromatic rings. The summed E-state index contributed by atoms with van der Waals surface area (Å²) in [5, 5.41) is 3.29. The molecule has 2 heterocycles. The van der Waals surface area contributed by atoms with Gasteiger partial charge in [-0.1, -0.05) is 12.1 Å². The fraction of sp³-hybridized carbons (Fsp3) is 0.667. The third kappa shape index (κ3) is 3.98. The van der Waals surface area contributed by atoms with E-state index in [4.69, 9.17) is 0 Å². The topological polar surface area (TPSA) is 38.8 Å². The first kappa shape index (κ1) is 17.7. The van der Waals surface area contributed by atoms with Crippen molar-refractivity contribution in [3.05, 3.63) is 29.3 Å². The van der Waals surface area contributed by atoms with Crippen molar-refractivity contribution >= 4 is 11.7 Å². The number of hydrogen-bond donors (Lipinski definition) is 1. The van der Waals surface area contributed by atoms with E-state index in [2.05, 4.69) is 47.2 Å². The van der Waals surface area contributed by atoms with Crippen LogP contribution in [-0.4, -0.2) is 67.2 Å². The highest BCUT2D eigenvalue weighted by atomic mass is 16.2. The number of anilines is 1. The Morgan fingerprint density at radius 3 is 2.31 bits per heavy atom. The van der Waals surface area contributed by atoms with Crippen LogP contribution in [0.3, 0.4) is 0 Å². The van der Waals surface area contributed by atoms with Crippen LogP contribution in [0.25, 0.3) is 0 Å². The molecule has 0 bridgehead atoms. The van der Waals surface area contributed by atoms with E-state index >= 15 is 0 Å². The lowest BCUT2D eigenvalue weighted by Crippen LogP contribution is -2.55. The van der Waals surface area contributed by atoms with Gasteiger partial charge in [0, 0.05) is 57.0 Å². The third-order valence-electron chi connectivity index (χ3n) is 6.19. The predicted molar refractivity (Wildman–Crippen MR) is 106 cm³/mol. The van der Waals surface area contributed by atoms with Crippen molar-refractivity contribution in [3.8, 4) is 0 Å². The number of hydrogen-bond acceptors (Lipinski definition) is 3. The van der Waals surface area contributed by atoms with Crippen molar-refractivity contribution in [1.29, 1.82) is 0 Å². The maximum Gasteiger partial charge on any atom is 0.317 e. The number of piperazine rings is 1. The highest BCUT2D eigenvalue weighted by Crippen LogP contribution is 2.29. The minimum Gasteiger partial charge on any atom is -0.368 e. The first-order valence-electron chi connectivity index (χ1n) is 10.2. The summed E-state index contributed by atoms with van der Waals surface area (Å²) in [6, 6.07) is 7.96. The number of piperidine rings is 1. The second-order valence-electron chi connectivity index (χ2n) is 8.25. The van der Waals surface area contributed by atoms with Crippen LogP contribution in [-0.2, 0) is 0 Å². The molecule has 3 fully saturated rings. The summed E-state index contributed by atoms with van der Waals surface area (Å²) in [6.45, 7) is 10.0. The van der Waals surface area contributed by atoms with E-state index in [1.807, 2.05) is 4.90 Å². The van der Waals surface area contributed by atoms with Crippen molar-refractivity contribution in [2.24, 2.45) is 0 Å². The molecular weight excluding hydrogens is 324 g/mol. The van der Waals surface area contributed by atoms with E-state index in [9.17, 15) is 4.79 Å². The van der Waals surface area contributed by atoms with E-state index in [1.54, 1.807) is 0 Å². The van der Waals surface area contributed by atoms with E-state index in [1.165, 1.54) is 29.7 Å². The second kappa shape index (κ2) is 7.47. The average molecular weight is 357 g/mol. The van der Waals surface area contributed by atoms with Crippen LogP contribution in [0.4, 0.5) is 10.5 Å². The Bertz CT molecular complexity index is 641. The van der Waals surface area contributed by atoms with Crippen LogP contribution in [0.15, 0.2) is 18.2 Å². The summed E-state index contributed by atoms with van der Waals surface area (Å²) in [4.78, 5) is 19.7. The molecule has 0 unspecified atom stereocenters. The maximum absolute atomic E-state index is 12.6. The fourth-order valence-electron chi connectivity index (χ4n) is 4.33. The smallest absolute Gasteiger partial charge is 0.317 e. The Kier molecular flexibility index (Phi) is 5.07. The quantitative estimate of drug-likeness (QED) is 0.905. The Labute approximate surface area is 157 Å². The Hall–Kier alpha value is -1.75. The molecular formula is C21H32N4O. The van der Waals surface area contributed by atoms with Gasteiger partial charge >= 0.3 is 6.03 Å². The molecule has 5 heteroatoms. The van der Waals surface area contributed by atoms with Gasteiger partial charge in [0.1, 0.15) is 0 Å². The Balaban J connectivity index is 1.25. The molecule has 1 aliphatic carbocycles. The summed E-state index contributed by atoms with van der Waals surface area (Å²) in [5.74, 6) is 0. The molecule has 2 aliphatic heterocycles. The summed E-state index contributed by atoms with van der Waals surface area (Å²) in [5.41, 5.74) is 3.93. The average Bonchev–Trinajstić information content (AvgIpc) is 3.50. The van der Waals surface area contributed by atoms with E-state index in [0.29, 0.717) is 6.04 Å². The highest BCUT2D eigenvalue weighted by molar-refractivity contribution is 5.75. The monoisotopic (exact) mass is 356 g/mol. The van der Waals surface area contributed by atoms with Gasteiger partial charge in [-0.3, -0.25) is 0 Å². The number of urea groups is 1. The summed E-state index contributed by atoms with van der Waals surface area (Å²) < 4.78 is 0. The van der Waals surface area contributed by atoms with Gasteiger partial charge in [-0.2, -0.15) is 0 Å². The standard InChI is InChI=1S/C21H32N4O/c1-16-3-4-17(2)20(15-16)24-11-13-25(14-12-24)21(26)22-18-7-9-23(10-8-18)19-5-6-19/h3-4,15,18-19H,5-14H2,1-2H3,(H,22,26). The number of rotatable bonds is 3. The molecule has 2 amide bonds. The molecule has 142 valence electrons. The van der Waals surface area contributed by atoms with Gasteiger partial charge in [0.2, 0.25) is 0 Å². The number of benzene rings is 1. The first-order chi connectivity index (χ1) is 12.6. The Morgan fingerprint density at radius 2 is 1.65 bits per heavy atom. The van der Waals surface area contributed by atoms with Gasteiger partial charge in [0.05, 0.1) is 0 Å². The highest BCUT2D eigenvalue weighted by Gasteiger charge is 2.32. The zero-order chi connectivity index (χ0) is 18.1. The van der Waals surface area contributed by atoms with Crippen molar-refractivity contribution in [3.63, 3.8) is 0 Å². The summed E-state index contributed by atoms with van der Waals surface area (Å²) >= 11 is 0. The second-order valence-corrected chi connectivity index (χ2v) is 8.25. The number of carbonyl (C=O) groups is 1. The van der Waals surface area contributed by atoms with Crippen LogP contribution in [0.5, 0.6) is 0 Å². The summed E-state index contributed by atoms with van der Waals surface area (Å²) in [7, 11) is 0. The summed E-state index contributed by atoms with van der Waals surface area (Å²) in [6.07, 6.45) is 4.96. The molecule has 0 radical (unpaired) electrons. The molecule has 0 atom stereocenters. The lowest BCUT2D eigenvalue weighted by molar-refractivity contribution is 0.166. The van der Waals surface area contributed by atoms with Crippen molar-refractivity contribution in [2.45, 2.75) is 51.6 Å². The molecule has 1 N–H and O–H groups in total. The van der Waals surface area contributed by atoms with E-state index in [0.717, 1.165) is 58.2 Å². The number of nitrogens with zero attached hydrogens (tertiary/aromatic N) is 3. The maximum atomic E-state index is 12.6. The van der Waals surface area contributed by atoms with Gasteiger partial charge in [-0.25, -0.2) is 4.79 Å². The third-order valence-corrected chi connectivity index (χ3v) is 6.19. The number of nitrogens with one attached hydrogen (secondary N) is 1. The zero-order valence-corrected chi connectivity index (χ0v) is 16.2. The SMILES string of the molecule is Cc1ccc(C)c(N2CCN(C(=O)NC3CCN(C4CC4)CC3)CC2)c1. The molecule has 0 spiro atoms. The normalized spacial score (nSPS) is 22.5. The zero-order valence-electron chi connectivity index (χ0n) is 16.2. The van der Waals surface area contributed by atoms with Crippen LogP contribution in [0.2, 0.25) is 0 Å². The van der Waals surface area contributed by atoms with Crippen LogP contribution in [0.1, 0.15) is 36.8 Å². The van der Waals surface area contributed by atoms with E-state index < -0.39 is 0 Å². The number of aryl methyl sites for hydroxylation is 2. The largest absolute Gasteiger partial charge is 0.368 e. The molecule has 4 rings (SSSR count). The van der Waals surface area contributed by atoms with E-state index in [-0.39, 0.29) is 6.03 Å². The lowest BCUT2D eigenvalue weighted by Gasteiger charge is -2.38. The van der Waals surface area contributed by atoms with Crippen molar-refractivity contribution < 1.29 is 4.79 Å². The molecule has 1 saturated carbocycles. The van der Waals surface area contributed by atoms with Crippen LogP contribution < -0.4 is 10.2 Å². The minimum atomic E-state index is 0.135. The van der Waals surface area contributed by atoms with Gasteiger partial charge in [-0.15, -0.1) is 0 Å². The molecule has 26 heavy (non-hydrogen) atoms. The molecule has 3 aliphatic rings. The van der Waals surface area contributed by atoms with Crippen LogP contribution in [0, 0.1) is 13.8 Å². The predicted octanol–water partition coefficient (Wildman–Crippen LogP) is 2.76. The van der Waals surface area contributed by atoms with Crippen molar-refractivity contribution in [1.82, 2.24) is 15.1 Å². The number of amides is 2. The molecule has 1 aromatic carbocycles. The number of likely N-dealkylation sites (tertiary alicyclic amines) is 1. The van der Waals surface area contributed by atoms with Gasteiger partial charge in [-0.05, 0) is 56.7 Å². The fourth-order valence-corrected chi connectivity index (χ4v) is 4.33. The first-order valence-corrected chi connectivity index (χ1v) is 10.2. The molecule has 5 nitrogen and oxygen atoms in total. The lowest BCUT2D eigenvalue weighted by atomic mass is 10.1. The number of carbonyl (C=O) groups excluding carboxylic acids is 1. The van der Waals surface area contributed by atoms with Gasteiger partial charge in [0.15, 0.2) is 0 Å². The minimum absolute atomic E-state index is 0.135. The molecule has 0 aromatic heterocycles.